The molecule has 1 fully saturated rings. The van der Waals surface area contributed by atoms with Gasteiger partial charge in [-0.2, -0.15) is 0 Å². The monoisotopic (exact) mass is 225 g/mol. The zero-order valence-electron chi connectivity index (χ0n) is 9.72. The minimum Gasteiger partial charge on any atom is -0.424 e. The first kappa shape index (κ1) is 11.5. The highest BCUT2D eigenvalue weighted by Gasteiger charge is 2.20. The predicted molar refractivity (Wildman–Crippen MR) is 58.7 cm³/mol. The van der Waals surface area contributed by atoms with E-state index in [-0.39, 0.29) is 6.61 Å². The second-order valence-corrected chi connectivity index (χ2v) is 4.47. The van der Waals surface area contributed by atoms with Crippen molar-refractivity contribution in [3.63, 3.8) is 0 Å². The Labute approximate surface area is 95.5 Å². The van der Waals surface area contributed by atoms with Crippen molar-refractivity contribution in [2.24, 2.45) is 5.92 Å². The van der Waals surface area contributed by atoms with Crippen molar-refractivity contribution in [2.45, 2.75) is 32.7 Å². The lowest BCUT2D eigenvalue weighted by Gasteiger charge is -2.31. The topological polar surface area (TPSA) is 62.4 Å². The lowest BCUT2D eigenvalue weighted by molar-refractivity contribution is 0.133. The fraction of sp³-hybridized carbons (Fsp3) is 0.818. The summed E-state index contributed by atoms with van der Waals surface area (Å²) in [6.45, 7) is 4.95. The van der Waals surface area contributed by atoms with E-state index in [1.165, 1.54) is 12.8 Å². The van der Waals surface area contributed by atoms with Crippen LogP contribution in [0.4, 0.5) is 0 Å². The van der Waals surface area contributed by atoms with Gasteiger partial charge in [0, 0.05) is 20.1 Å². The number of nitrogens with zero attached hydrogens (tertiary/aromatic N) is 3. The van der Waals surface area contributed by atoms with Crippen LogP contribution in [0, 0.1) is 12.8 Å². The summed E-state index contributed by atoms with van der Waals surface area (Å²) in [7, 11) is 0. The molecule has 2 heterocycles. The van der Waals surface area contributed by atoms with Crippen LogP contribution in [0.15, 0.2) is 4.42 Å². The van der Waals surface area contributed by atoms with Gasteiger partial charge in [-0.15, -0.1) is 10.2 Å². The standard InChI is InChI=1S/C11H19N3O2/c1-9-12-13-11(16-9)8-14-5-2-3-10(7-14)4-6-15/h10,15H,2-8H2,1H3. The molecule has 90 valence electrons. The largest absolute Gasteiger partial charge is 0.424 e. The summed E-state index contributed by atoms with van der Waals surface area (Å²) in [4.78, 5) is 2.33. The molecule has 2 rings (SSSR count). The molecule has 1 aromatic heterocycles. The normalized spacial score (nSPS) is 22.5. The van der Waals surface area contributed by atoms with Crippen molar-refractivity contribution < 1.29 is 9.52 Å². The Kier molecular flexibility index (Phi) is 3.90. The Morgan fingerprint density at radius 2 is 2.38 bits per heavy atom. The van der Waals surface area contributed by atoms with Gasteiger partial charge in [0.05, 0.1) is 6.54 Å². The van der Waals surface area contributed by atoms with Crippen molar-refractivity contribution in [2.75, 3.05) is 19.7 Å². The van der Waals surface area contributed by atoms with Crippen LogP contribution in [0.25, 0.3) is 0 Å². The van der Waals surface area contributed by atoms with Crippen LogP contribution >= 0.6 is 0 Å². The molecule has 0 amide bonds. The number of likely N-dealkylation sites (tertiary alicyclic amines) is 1. The molecule has 1 unspecified atom stereocenters. The summed E-state index contributed by atoms with van der Waals surface area (Å²) in [6.07, 6.45) is 3.32. The second kappa shape index (κ2) is 5.41. The van der Waals surface area contributed by atoms with E-state index in [1.54, 1.807) is 6.92 Å². The van der Waals surface area contributed by atoms with Crippen molar-refractivity contribution in [1.82, 2.24) is 15.1 Å². The highest BCUT2D eigenvalue weighted by Crippen LogP contribution is 2.20. The van der Waals surface area contributed by atoms with Gasteiger partial charge in [-0.3, -0.25) is 4.90 Å². The Morgan fingerprint density at radius 1 is 1.50 bits per heavy atom. The number of rotatable bonds is 4. The quantitative estimate of drug-likeness (QED) is 0.827. The first-order valence-electron chi connectivity index (χ1n) is 5.90. The molecular formula is C11H19N3O2. The van der Waals surface area contributed by atoms with Crippen molar-refractivity contribution in [3.8, 4) is 0 Å². The van der Waals surface area contributed by atoms with E-state index in [0.717, 1.165) is 26.1 Å². The molecular weight excluding hydrogens is 206 g/mol. The van der Waals surface area contributed by atoms with Crippen LogP contribution in [0.1, 0.15) is 31.0 Å². The third-order valence-electron chi connectivity index (χ3n) is 3.07. The summed E-state index contributed by atoms with van der Waals surface area (Å²) in [5, 5.41) is 16.8. The van der Waals surface area contributed by atoms with Crippen LogP contribution in [-0.4, -0.2) is 39.9 Å². The van der Waals surface area contributed by atoms with Gasteiger partial charge in [0.2, 0.25) is 11.8 Å². The summed E-state index contributed by atoms with van der Waals surface area (Å²) < 4.78 is 5.37. The van der Waals surface area contributed by atoms with E-state index in [1.807, 2.05) is 0 Å². The molecule has 0 aromatic carbocycles. The van der Waals surface area contributed by atoms with Gasteiger partial charge in [0.15, 0.2) is 0 Å². The Hall–Kier alpha value is -0.940. The van der Waals surface area contributed by atoms with Gasteiger partial charge >= 0.3 is 0 Å². The van der Waals surface area contributed by atoms with E-state index in [2.05, 4.69) is 15.1 Å². The molecule has 0 spiro atoms. The van der Waals surface area contributed by atoms with E-state index in [9.17, 15) is 0 Å². The highest BCUT2D eigenvalue weighted by atomic mass is 16.4. The average molecular weight is 225 g/mol. The molecule has 1 atom stereocenters. The summed E-state index contributed by atoms with van der Waals surface area (Å²) in [6, 6.07) is 0. The van der Waals surface area contributed by atoms with E-state index >= 15 is 0 Å². The fourth-order valence-corrected chi connectivity index (χ4v) is 2.31. The first-order chi connectivity index (χ1) is 7.78. The van der Waals surface area contributed by atoms with Gasteiger partial charge in [0.25, 0.3) is 0 Å². The van der Waals surface area contributed by atoms with E-state index < -0.39 is 0 Å². The van der Waals surface area contributed by atoms with Crippen molar-refractivity contribution in [1.29, 1.82) is 0 Å². The third-order valence-corrected chi connectivity index (χ3v) is 3.07. The maximum Gasteiger partial charge on any atom is 0.230 e. The maximum absolute atomic E-state index is 8.94. The molecule has 1 aromatic rings. The molecule has 5 nitrogen and oxygen atoms in total. The molecule has 1 N–H and O–H groups in total. The lowest BCUT2D eigenvalue weighted by atomic mass is 9.95. The zero-order valence-corrected chi connectivity index (χ0v) is 9.72. The van der Waals surface area contributed by atoms with Crippen LogP contribution in [-0.2, 0) is 6.54 Å². The van der Waals surface area contributed by atoms with Crippen molar-refractivity contribution >= 4 is 0 Å². The smallest absolute Gasteiger partial charge is 0.230 e. The summed E-state index contributed by atoms with van der Waals surface area (Å²) >= 11 is 0. The molecule has 0 radical (unpaired) electrons. The number of piperidine rings is 1. The number of aliphatic hydroxyl groups excluding tert-OH is 1. The second-order valence-electron chi connectivity index (χ2n) is 4.47. The third kappa shape index (κ3) is 3.02. The molecule has 5 heteroatoms. The molecule has 16 heavy (non-hydrogen) atoms. The Bertz CT molecular complexity index is 325. The van der Waals surface area contributed by atoms with Crippen LogP contribution in [0.5, 0.6) is 0 Å². The zero-order chi connectivity index (χ0) is 11.4. The number of hydrogen-bond acceptors (Lipinski definition) is 5. The van der Waals surface area contributed by atoms with Crippen LogP contribution < -0.4 is 0 Å². The van der Waals surface area contributed by atoms with E-state index in [0.29, 0.717) is 17.7 Å². The minimum absolute atomic E-state index is 0.290. The van der Waals surface area contributed by atoms with Gasteiger partial charge in [-0.25, -0.2) is 0 Å². The van der Waals surface area contributed by atoms with Gasteiger partial charge in [-0.1, -0.05) is 0 Å². The molecule has 0 aliphatic carbocycles. The van der Waals surface area contributed by atoms with Gasteiger partial charge < -0.3 is 9.52 Å². The fourth-order valence-electron chi connectivity index (χ4n) is 2.31. The molecule has 1 saturated heterocycles. The number of aliphatic hydroxyl groups is 1. The van der Waals surface area contributed by atoms with Crippen LogP contribution in [0.2, 0.25) is 0 Å². The summed E-state index contributed by atoms with van der Waals surface area (Å²) in [5.41, 5.74) is 0. The number of hydrogen-bond donors (Lipinski definition) is 1. The molecule has 0 bridgehead atoms. The Morgan fingerprint density at radius 3 is 3.06 bits per heavy atom. The first-order valence-corrected chi connectivity index (χ1v) is 5.90. The summed E-state index contributed by atoms with van der Waals surface area (Å²) in [5.74, 6) is 1.93. The van der Waals surface area contributed by atoms with Gasteiger partial charge in [0.1, 0.15) is 0 Å². The average Bonchev–Trinajstić information content (AvgIpc) is 2.65. The van der Waals surface area contributed by atoms with E-state index in [4.69, 9.17) is 9.52 Å². The molecule has 1 aliphatic rings. The minimum atomic E-state index is 0.290. The predicted octanol–water partition coefficient (Wildman–Crippen LogP) is 0.972. The maximum atomic E-state index is 8.94. The number of aromatic nitrogens is 2. The lowest BCUT2D eigenvalue weighted by Crippen LogP contribution is -2.35. The Balaban J connectivity index is 1.85. The van der Waals surface area contributed by atoms with Gasteiger partial charge in [-0.05, 0) is 31.7 Å². The molecule has 0 saturated carbocycles. The van der Waals surface area contributed by atoms with Crippen molar-refractivity contribution in [3.05, 3.63) is 11.8 Å². The number of aryl methyl sites for hydroxylation is 1. The SMILES string of the molecule is Cc1nnc(CN2CCCC(CCO)C2)o1. The highest BCUT2D eigenvalue weighted by molar-refractivity contribution is 4.81. The van der Waals surface area contributed by atoms with Crippen LogP contribution in [0.3, 0.4) is 0 Å². The molecule has 1 aliphatic heterocycles.